The molecule has 0 bridgehead atoms. The Morgan fingerprint density at radius 3 is 2.61 bits per heavy atom. The maximum atomic E-state index is 6.16. The predicted octanol–water partition coefficient (Wildman–Crippen LogP) is 4.25. The maximum absolute atomic E-state index is 6.16. The van der Waals surface area contributed by atoms with Crippen molar-refractivity contribution in [1.29, 1.82) is 0 Å². The van der Waals surface area contributed by atoms with Crippen LogP contribution in [0.1, 0.15) is 35.6 Å². The summed E-state index contributed by atoms with van der Waals surface area (Å²) in [5.41, 5.74) is 3.32. The first-order valence-corrected chi connectivity index (χ1v) is 6.78. The van der Waals surface area contributed by atoms with Crippen LogP contribution in [0.4, 0.5) is 0 Å². The van der Waals surface area contributed by atoms with Crippen molar-refractivity contribution in [3.63, 3.8) is 0 Å². The van der Waals surface area contributed by atoms with Crippen molar-refractivity contribution in [3.8, 4) is 0 Å². The summed E-state index contributed by atoms with van der Waals surface area (Å²) in [5, 5.41) is 0.743. The van der Waals surface area contributed by atoms with Gasteiger partial charge in [-0.25, -0.2) is 9.97 Å². The summed E-state index contributed by atoms with van der Waals surface area (Å²) in [6, 6.07) is 10.4. The van der Waals surface area contributed by atoms with Crippen molar-refractivity contribution in [2.75, 3.05) is 0 Å². The lowest BCUT2D eigenvalue weighted by molar-refractivity contribution is 0.595. The van der Waals surface area contributed by atoms with E-state index in [1.165, 1.54) is 5.56 Å². The molecule has 3 rings (SSSR count). The number of fused-ring (bicyclic) bond motifs is 1. The van der Waals surface area contributed by atoms with Gasteiger partial charge in [-0.05, 0) is 36.4 Å². The second-order valence-corrected chi connectivity index (χ2v) is 5.20. The summed E-state index contributed by atoms with van der Waals surface area (Å²) in [5.74, 6) is 0.285. The molecule has 4 heteroatoms. The van der Waals surface area contributed by atoms with Gasteiger partial charge in [0.2, 0.25) is 5.28 Å². The molecule has 1 aliphatic rings. The van der Waals surface area contributed by atoms with E-state index in [9.17, 15) is 0 Å². The van der Waals surface area contributed by atoms with Gasteiger partial charge in [0.1, 0.15) is 5.15 Å². The zero-order chi connectivity index (χ0) is 12.5. The third-order valence-electron chi connectivity index (χ3n) is 3.41. The molecule has 0 amide bonds. The Morgan fingerprint density at radius 2 is 1.83 bits per heavy atom. The summed E-state index contributed by atoms with van der Waals surface area (Å²) in [4.78, 5) is 8.44. The quantitative estimate of drug-likeness (QED) is 0.576. The van der Waals surface area contributed by atoms with Crippen LogP contribution in [0.3, 0.4) is 0 Å². The van der Waals surface area contributed by atoms with E-state index in [0.717, 1.165) is 30.5 Å². The summed E-state index contributed by atoms with van der Waals surface area (Å²) in [6.07, 6.45) is 3.13. The third-order valence-corrected chi connectivity index (χ3v) is 3.89. The monoisotopic (exact) mass is 278 g/mol. The lowest BCUT2D eigenvalue weighted by Crippen LogP contribution is -2.14. The molecule has 0 radical (unpaired) electrons. The van der Waals surface area contributed by atoms with Gasteiger partial charge in [-0.1, -0.05) is 41.9 Å². The topological polar surface area (TPSA) is 25.8 Å². The Morgan fingerprint density at radius 1 is 1.06 bits per heavy atom. The fraction of sp³-hybridized carbons (Fsp3) is 0.286. The first-order valence-electron chi connectivity index (χ1n) is 6.02. The van der Waals surface area contributed by atoms with Crippen LogP contribution in [0.15, 0.2) is 30.3 Å². The van der Waals surface area contributed by atoms with Gasteiger partial charge in [-0.3, -0.25) is 0 Å². The van der Waals surface area contributed by atoms with Gasteiger partial charge in [-0.2, -0.15) is 0 Å². The zero-order valence-electron chi connectivity index (χ0n) is 9.74. The smallest absolute Gasteiger partial charge is 0.222 e. The Hall–Kier alpha value is -1.12. The SMILES string of the molecule is Clc1nc(Cl)c2c(n1)C(c1ccccc1)CCC2. The molecule has 1 aromatic carbocycles. The molecule has 0 aliphatic heterocycles. The highest BCUT2D eigenvalue weighted by Crippen LogP contribution is 2.38. The average molecular weight is 279 g/mol. The highest BCUT2D eigenvalue weighted by molar-refractivity contribution is 6.32. The Labute approximate surface area is 116 Å². The van der Waals surface area contributed by atoms with Crippen molar-refractivity contribution in [1.82, 2.24) is 9.97 Å². The van der Waals surface area contributed by atoms with Gasteiger partial charge in [-0.15, -0.1) is 0 Å². The first-order chi connectivity index (χ1) is 8.75. The lowest BCUT2D eigenvalue weighted by atomic mass is 9.83. The standard InChI is InChI=1S/C14H12Cl2N2/c15-13-11-8-4-7-10(9-5-2-1-3-6-9)12(11)17-14(16)18-13/h1-3,5-6,10H,4,7-8H2. The fourth-order valence-electron chi connectivity index (χ4n) is 2.60. The molecule has 1 atom stereocenters. The minimum Gasteiger partial charge on any atom is -0.222 e. The van der Waals surface area contributed by atoms with Gasteiger partial charge in [0.15, 0.2) is 0 Å². The van der Waals surface area contributed by atoms with Crippen molar-refractivity contribution in [2.45, 2.75) is 25.2 Å². The number of nitrogens with zero attached hydrogens (tertiary/aromatic N) is 2. The van der Waals surface area contributed by atoms with Crippen LogP contribution in [-0.2, 0) is 6.42 Å². The van der Waals surface area contributed by atoms with E-state index in [-0.39, 0.29) is 11.2 Å². The van der Waals surface area contributed by atoms with Crippen molar-refractivity contribution < 1.29 is 0 Å². The average Bonchev–Trinajstić information content (AvgIpc) is 2.39. The van der Waals surface area contributed by atoms with Crippen molar-refractivity contribution in [3.05, 3.63) is 57.6 Å². The van der Waals surface area contributed by atoms with E-state index in [0.29, 0.717) is 5.15 Å². The van der Waals surface area contributed by atoms with E-state index < -0.39 is 0 Å². The van der Waals surface area contributed by atoms with Gasteiger partial charge < -0.3 is 0 Å². The van der Waals surface area contributed by atoms with Crippen LogP contribution >= 0.6 is 23.2 Å². The first kappa shape index (κ1) is 11.9. The Kier molecular flexibility index (Phi) is 3.23. The second-order valence-electron chi connectivity index (χ2n) is 4.50. The molecule has 0 N–H and O–H groups in total. The summed E-state index contributed by atoms with van der Waals surface area (Å²) in [6.45, 7) is 0. The van der Waals surface area contributed by atoms with Gasteiger partial charge >= 0.3 is 0 Å². The van der Waals surface area contributed by atoms with Gasteiger partial charge in [0.05, 0.1) is 5.69 Å². The van der Waals surface area contributed by atoms with Crippen LogP contribution in [0.25, 0.3) is 0 Å². The number of halogens is 2. The summed E-state index contributed by atoms with van der Waals surface area (Å²) in [7, 11) is 0. The van der Waals surface area contributed by atoms with Crippen molar-refractivity contribution in [2.24, 2.45) is 0 Å². The van der Waals surface area contributed by atoms with E-state index in [1.807, 2.05) is 18.2 Å². The predicted molar refractivity (Wildman–Crippen MR) is 73.3 cm³/mol. The van der Waals surface area contributed by atoms with E-state index in [2.05, 4.69) is 22.1 Å². The molecule has 2 nitrogen and oxygen atoms in total. The number of aromatic nitrogens is 2. The van der Waals surface area contributed by atoms with Crippen LogP contribution in [-0.4, -0.2) is 9.97 Å². The third kappa shape index (κ3) is 2.11. The molecule has 2 aromatic rings. The van der Waals surface area contributed by atoms with Crippen LogP contribution < -0.4 is 0 Å². The van der Waals surface area contributed by atoms with Crippen LogP contribution in [0.5, 0.6) is 0 Å². The van der Waals surface area contributed by atoms with Gasteiger partial charge in [0.25, 0.3) is 0 Å². The molecule has 18 heavy (non-hydrogen) atoms. The van der Waals surface area contributed by atoms with Crippen LogP contribution in [0, 0.1) is 0 Å². The van der Waals surface area contributed by atoms with E-state index in [1.54, 1.807) is 0 Å². The number of hydrogen-bond acceptors (Lipinski definition) is 2. The summed E-state index contributed by atoms with van der Waals surface area (Å²) < 4.78 is 0. The lowest BCUT2D eigenvalue weighted by Gasteiger charge is -2.25. The molecule has 0 saturated heterocycles. The van der Waals surface area contributed by atoms with Gasteiger partial charge in [0, 0.05) is 11.5 Å². The fourth-order valence-corrected chi connectivity index (χ4v) is 3.09. The van der Waals surface area contributed by atoms with Crippen molar-refractivity contribution >= 4 is 23.2 Å². The molecular weight excluding hydrogens is 267 g/mol. The normalized spacial score (nSPS) is 18.4. The Bertz CT molecular complexity index is 570. The molecule has 0 spiro atoms. The highest BCUT2D eigenvalue weighted by Gasteiger charge is 2.26. The van der Waals surface area contributed by atoms with E-state index >= 15 is 0 Å². The molecule has 1 aromatic heterocycles. The molecule has 0 saturated carbocycles. The minimum absolute atomic E-state index is 0.238. The molecule has 1 aliphatic carbocycles. The zero-order valence-corrected chi connectivity index (χ0v) is 11.2. The largest absolute Gasteiger partial charge is 0.224 e. The molecule has 1 heterocycles. The number of rotatable bonds is 1. The van der Waals surface area contributed by atoms with Crippen LogP contribution in [0.2, 0.25) is 10.4 Å². The molecular formula is C14H12Cl2N2. The minimum atomic E-state index is 0.238. The highest BCUT2D eigenvalue weighted by atomic mass is 35.5. The second kappa shape index (κ2) is 4.87. The van der Waals surface area contributed by atoms with E-state index in [4.69, 9.17) is 23.2 Å². The molecule has 0 fully saturated rings. The number of hydrogen-bond donors (Lipinski definition) is 0. The maximum Gasteiger partial charge on any atom is 0.224 e. The molecule has 92 valence electrons. The summed E-state index contributed by atoms with van der Waals surface area (Å²) >= 11 is 12.1. The Balaban J connectivity index is 2.12. The molecule has 1 unspecified atom stereocenters. The number of benzene rings is 1.